The topological polar surface area (TPSA) is 49.3 Å². The molecule has 2 rings (SSSR count). The second kappa shape index (κ2) is 8.08. The molecular formula is C18H18F3NO2. The van der Waals surface area contributed by atoms with Gasteiger partial charge in [0.1, 0.15) is 6.04 Å². The molecular weight excluding hydrogens is 319 g/mol. The molecule has 6 heteroatoms. The van der Waals surface area contributed by atoms with Crippen molar-refractivity contribution < 1.29 is 23.1 Å². The third-order valence-corrected chi connectivity index (χ3v) is 3.67. The van der Waals surface area contributed by atoms with E-state index in [-0.39, 0.29) is 5.56 Å². The highest BCUT2D eigenvalue weighted by Gasteiger charge is 2.42. The first kappa shape index (κ1) is 18.2. The lowest BCUT2D eigenvalue weighted by Crippen LogP contribution is -2.46. The van der Waals surface area contributed by atoms with Crippen LogP contribution in [0.5, 0.6) is 0 Å². The number of hydrogen-bond donors (Lipinski definition) is 2. The summed E-state index contributed by atoms with van der Waals surface area (Å²) in [4.78, 5) is 12.1. The molecule has 0 aliphatic rings. The van der Waals surface area contributed by atoms with Gasteiger partial charge in [-0.05, 0) is 5.56 Å². The maximum atomic E-state index is 13.3. The molecule has 0 aliphatic carbocycles. The molecule has 0 saturated heterocycles. The molecule has 0 saturated carbocycles. The number of benzene rings is 2. The Morgan fingerprint density at radius 2 is 1.54 bits per heavy atom. The first-order chi connectivity index (χ1) is 11.4. The van der Waals surface area contributed by atoms with E-state index in [0.717, 1.165) is 0 Å². The van der Waals surface area contributed by atoms with Gasteiger partial charge < -0.3 is 5.11 Å². The molecule has 2 aromatic carbocycles. The Kier molecular flexibility index (Phi) is 6.11. The van der Waals surface area contributed by atoms with Gasteiger partial charge in [-0.3, -0.25) is 10.1 Å². The van der Waals surface area contributed by atoms with Crippen LogP contribution in [0.2, 0.25) is 0 Å². The monoisotopic (exact) mass is 337 g/mol. The Bertz CT molecular complexity index is 644. The summed E-state index contributed by atoms with van der Waals surface area (Å²) >= 11 is 0. The fourth-order valence-corrected chi connectivity index (χ4v) is 2.38. The van der Waals surface area contributed by atoms with Crippen molar-refractivity contribution in [3.8, 4) is 0 Å². The van der Waals surface area contributed by atoms with Gasteiger partial charge >= 0.3 is 6.18 Å². The van der Waals surface area contributed by atoms with Crippen molar-refractivity contribution in [2.24, 2.45) is 0 Å². The quantitative estimate of drug-likeness (QED) is 0.760. The molecule has 0 unspecified atom stereocenters. The van der Waals surface area contributed by atoms with Gasteiger partial charge in [0.15, 0.2) is 5.78 Å². The highest BCUT2D eigenvalue weighted by molar-refractivity contribution is 5.96. The van der Waals surface area contributed by atoms with Gasteiger partial charge in [-0.2, -0.15) is 13.2 Å². The standard InChI is InChI=1S/C18H18F3NO2/c19-18(20,21)17(11-16(24)14-9-5-2-6-10-14)22-15(12-23)13-7-3-1-4-8-13/h1-10,15,17,22-23H,11-12H2/t15-,17+/m0/s1. The fourth-order valence-electron chi connectivity index (χ4n) is 2.38. The SMILES string of the molecule is O=C(C[C@@H](N[C@@H](CO)c1ccccc1)C(F)(F)F)c1ccccc1. The number of ketones is 1. The molecule has 0 aliphatic heterocycles. The Balaban J connectivity index is 2.15. The summed E-state index contributed by atoms with van der Waals surface area (Å²) in [5.41, 5.74) is 0.759. The molecule has 2 N–H and O–H groups in total. The number of aliphatic hydroxyl groups excluding tert-OH is 1. The number of carbonyl (C=O) groups is 1. The molecule has 0 bridgehead atoms. The van der Waals surface area contributed by atoms with Crippen LogP contribution in [0.4, 0.5) is 13.2 Å². The van der Waals surface area contributed by atoms with E-state index < -0.39 is 37.1 Å². The first-order valence-electron chi connectivity index (χ1n) is 7.48. The molecule has 0 amide bonds. The van der Waals surface area contributed by atoms with Crippen LogP contribution in [0.1, 0.15) is 28.4 Å². The molecule has 3 nitrogen and oxygen atoms in total. The average Bonchev–Trinajstić information content (AvgIpc) is 2.59. The highest BCUT2D eigenvalue weighted by Crippen LogP contribution is 2.26. The van der Waals surface area contributed by atoms with Crippen LogP contribution in [0, 0.1) is 0 Å². The van der Waals surface area contributed by atoms with Crippen molar-refractivity contribution in [3.63, 3.8) is 0 Å². The number of Topliss-reactive ketones (excluding diaryl/α,β-unsaturated/α-hetero) is 1. The smallest absolute Gasteiger partial charge is 0.394 e. The number of nitrogens with one attached hydrogen (secondary N) is 1. The lowest BCUT2D eigenvalue weighted by atomic mass is 10.0. The van der Waals surface area contributed by atoms with Crippen LogP contribution in [-0.4, -0.2) is 29.7 Å². The Hall–Kier alpha value is -2.18. The average molecular weight is 337 g/mol. The number of carbonyl (C=O) groups excluding carboxylic acids is 1. The van der Waals surface area contributed by atoms with Gasteiger partial charge in [0.05, 0.1) is 12.6 Å². The number of halogens is 3. The lowest BCUT2D eigenvalue weighted by molar-refractivity contribution is -0.157. The minimum absolute atomic E-state index is 0.230. The minimum atomic E-state index is -4.60. The summed E-state index contributed by atoms with van der Waals surface area (Å²) < 4.78 is 39.9. The van der Waals surface area contributed by atoms with Crippen molar-refractivity contribution in [2.45, 2.75) is 24.7 Å². The predicted octanol–water partition coefficient (Wildman–Crippen LogP) is 3.51. The van der Waals surface area contributed by atoms with E-state index in [2.05, 4.69) is 5.32 Å². The zero-order valence-electron chi connectivity index (χ0n) is 12.8. The molecule has 0 radical (unpaired) electrons. The third kappa shape index (κ3) is 4.91. The van der Waals surface area contributed by atoms with Crippen LogP contribution >= 0.6 is 0 Å². The largest absolute Gasteiger partial charge is 0.404 e. The van der Waals surface area contributed by atoms with E-state index in [1.54, 1.807) is 48.5 Å². The van der Waals surface area contributed by atoms with Crippen LogP contribution in [0.25, 0.3) is 0 Å². The van der Waals surface area contributed by atoms with E-state index in [9.17, 15) is 23.1 Å². The normalized spacial score (nSPS) is 14.2. The number of hydrogen-bond acceptors (Lipinski definition) is 3. The summed E-state index contributed by atoms with van der Waals surface area (Å²) in [6.45, 7) is -0.504. The minimum Gasteiger partial charge on any atom is -0.394 e. The van der Waals surface area contributed by atoms with Gasteiger partial charge in [-0.15, -0.1) is 0 Å². The Morgan fingerprint density at radius 3 is 2.04 bits per heavy atom. The molecule has 128 valence electrons. The van der Waals surface area contributed by atoms with E-state index in [1.807, 2.05) is 0 Å². The Labute approximate surface area is 138 Å². The van der Waals surface area contributed by atoms with Gasteiger partial charge in [-0.1, -0.05) is 60.7 Å². The molecule has 2 aromatic rings. The van der Waals surface area contributed by atoms with Gasteiger partial charge in [0.2, 0.25) is 0 Å². The number of rotatable bonds is 7. The molecule has 0 heterocycles. The van der Waals surface area contributed by atoms with Crippen LogP contribution in [-0.2, 0) is 0 Å². The molecule has 24 heavy (non-hydrogen) atoms. The van der Waals surface area contributed by atoms with Crippen molar-refractivity contribution >= 4 is 5.78 Å². The van der Waals surface area contributed by atoms with Gasteiger partial charge in [-0.25, -0.2) is 0 Å². The Morgan fingerprint density at radius 1 is 1.00 bits per heavy atom. The summed E-state index contributed by atoms with van der Waals surface area (Å²) in [5.74, 6) is -0.602. The maximum absolute atomic E-state index is 13.3. The zero-order chi connectivity index (χ0) is 17.6. The van der Waals surface area contributed by atoms with Crippen molar-refractivity contribution in [2.75, 3.05) is 6.61 Å². The summed E-state index contributed by atoms with van der Waals surface area (Å²) in [5, 5.41) is 11.8. The molecule has 2 atom stereocenters. The lowest BCUT2D eigenvalue weighted by Gasteiger charge is -2.26. The van der Waals surface area contributed by atoms with Crippen LogP contribution < -0.4 is 5.32 Å². The van der Waals surface area contributed by atoms with E-state index >= 15 is 0 Å². The molecule has 0 aromatic heterocycles. The second-order valence-corrected chi connectivity index (χ2v) is 5.40. The van der Waals surface area contributed by atoms with Crippen molar-refractivity contribution in [3.05, 3.63) is 71.8 Å². The van der Waals surface area contributed by atoms with Crippen LogP contribution in [0.3, 0.4) is 0 Å². The van der Waals surface area contributed by atoms with E-state index in [1.165, 1.54) is 12.1 Å². The van der Waals surface area contributed by atoms with Crippen molar-refractivity contribution in [1.29, 1.82) is 0 Å². The van der Waals surface area contributed by atoms with Crippen LogP contribution in [0.15, 0.2) is 60.7 Å². The van der Waals surface area contributed by atoms with E-state index in [4.69, 9.17) is 0 Å². The van der Waals surface area contributed by atoms with Gasteiger partial charge in [0.25, 0.3) is 0 Å². The zero-order valence-corrected chi connectivity index (χ0v) is 12.8. The van der Waals surface area contributed by atoms with Crippen molar-refractivity contribution in [1.82, 2.24) is 5.32 Å². The first-order valence-corrected chi connectivity index (χ1v) is 7.48. The summed E-state index contributed by atoms with van der Waals surface area (Å²) in [6.07, 6.45) is -5.33. The molecule has 0 spiro atoms. The summed E-state index contributed by atoms with van der Waals surface area (Å²) in [6, 6.07) is 13.3. The molecule has 0 fully saturated rings. The predicted molar refractivity (Wildman–Crippen MR) is 84.6 cm³/mol. The van der Waals surface area contributed by atoms with Gasteiger partial charge in [0, 0.05) is 12.0 Å². The highest BCUT2D eigenvalue weighted by atomic mass is 19.4. The number of aliphatic hydroxyl groups is 1. The fraction of sp³-hybridized carbons (Fsp3) is 0.278. The number of alkyl halides is 3. The summed E-state index contributed by atoms with van der Waals surface area (Å²) in [7, 11) is 0. The second-order valence-electron chi connectivity index (χ2n) is 5.40. The third-order valence-electron chi connectivity index (χ3n) is 3.67. The maximum Gasteiger partial charge on any atom is 0.404 e. The van der Waals surface area contributed by atoms with E-state index in [0.29, 0.717) is 5.56 Å².